The monoisotopic (exact) mass is 367 g/mol. The second kappa shape index (κ2) is 7.88. The zero-order valence-corrected chi connectivity index (χ0v) is 15.6. The van der Waals surface area contributed by atoms with Gasteiger partial charge in [-0.05, 0) is 24.6 Å². The van der Waals surface area contributed by atoms with E-state index < -0.39 is 0 Å². The molecule has 2 aliphatic heterocycles. The van der Waals surface area contributed by atoms with Crippen LogP contribution in [-0.2, 0) is 6.54 Å². The van der Waals surface area contributed by atoms with Crippen LogP contribution in [0, 0.1) is 0 Å². The molecule has 6 nitrogen and oxygen atoms in total. The Morgan fingerprint density at radius 2 is 1.85 bits per heavy atom. The third-order valence-corrected chi connectivity index (χ3v) is 5.01. The van der Waals surface area contributed by atoms with Crippen molar-refractivity contribution in [1.82, 2.24) is 9.80 Å². The normalized spacial score (nSPS) is 19.6. The summed E-state index contributed by atoms with van der Waals surface area (Å²) >= 11 is 0. The average Bonchev–Trinajstić information content (AvgIpc) is 2.69. The quantitative estimate of drug-likeness (QED) is 0.905. The van der Waals surface area contributed by atoms with Crippen molar-refractivity contribution < 1.29 is 14.3 Å². The topological polar surface area (TPSA) is 54.0 Å². The Hall–Kier alpha value is -2.73. The molecule has 2 aliphatic rings. The number of hydrogen-bond donors (Lipinski definition) is 1. The van der Waals surface area contributed by atoms with E-state index in [1.165, 1.54) is 5.56 Å². The number of rotatable bonds is 3. The Balaban J connectivity index is 1.34. The SMILES string of the molecule is C[C@H]1CN(Cc2ccccc2)CCN1C(=O)Nc1ccc2c(c1)OCCO2. The summed E-state index contributed by atoms with van der Waals surface area (Å²) in [4.78, 5) is 17.0. The largest absolute Gasteiger partial charge is 0.486 e. The summed E-state index contributed by atoms with van der Waals surface area (Å²) < 4.78 is 11.1. The minimum atomic E-state index is -0.0708. The lowest BCUT2D eigenvalue weighted by Gasteiger charge is -2.39. The fraction of sp³-hybridized carbons (Fsp3) is 0.381. The first-order valence-electron chi connectivity index (χ1n) is 9.42. The summed E-state index contributed by atoms with van der Waals surface area (Å²) in [5.41, 5.74) is 2.03. The van der Waals surface area contributed by atoms with Crippen molar-refractivity contribution in [2.75, 3.05) is 38.2 Å². The molecule has 0 bridgehead atoms. The van der Waals surface area contributed by atoms with Gasteiger partial charge in [-0.15, -0.1) is 0 Å². The minimum Gasteiger partial charge on any atom is -0.486 e. The Morgan fingerprint density at radius 3 is 2.63 bits per heavy atom. The van der Waals surface area contributed by atoms with E-state index in [1.807, 2.05) is 29.2 Å². The number of carbonyl (C=O) groups excluding carboxylic acids is 1. The van der Waals surface area contributed by atoms with Crippen LogP contribution in [0.15, 0.2) is 48.5 Å². The molecule has 0 aromatic heterocycles. The Labute approximate surface area is 159 Å². The van der Waals surface area contributed by atoms with Crippen LogP contribution in [0.2, 0.25) is 0 Å². The Kier molecular flexibility index (Phi) is 5.16. The van der Waals surface area contributed by atoms with Gasteiger partial charge in [0.25, 0.3) is 0 Å². The van der Waals surface area contributed by atoms with Crippen LogP contribution in [0.4, 0.5) is 10.5 Å². The van der Waals surface area contributed by atoms with E-state index in [4.69, 9.17) is 9.47 Å². The predicted molar refractivity (Wildman–Crippen MR) is 104 cm³/mol. The lowest BCUT2D eigenvalue weighted by atomic mass is 10.1. The highest BCUT2D eigenvalue weighted by Gasteiger charge is 2.27. The van der Waals surface area contributed by atoms with Gasteiger partial charge in [-0.3, -0.25) is 4.90 Å². The molecule has 1 atom stereocenters. The first-order chi connectivity index (χ1) is 13.2. The van der Waals surface area contributed by atoms with Crippen LogP contribution in [-0.4, -0.2) is 54.7 Å². The molecule has 0 aliphatic carbocycles. The summed E-state index contributed by atoms with van der Waals surface area (Å²) in [7, 11) is 0. The number of nitrogens with zero attached hydrogens (tertiary/aromatic N) is 2. The number of nitrogens with one attached hydrogen (secondary N) is 1. The Morgan fingerprint density at radius 1 is 1.07 bits per heavy atom. The summed E-state index contributed by atoms with van der Waals surface area (Å²) in [5.74, 6) is 1.40. The van der Waals surface area contributed by atoms with Gasteiger partial charge in [0, 0.05) is 44.0 Å². The molecule has 27 heavy (non-hydrogen) atoms. The molecule has 2 aromatic carbocycles. The van der Waals surface area contributed by atoms with Crippen molar-refractivity contribution in [3.8, 4) is 11.5 Å². The van der Waals surface area contributed by atoms with Crippen LogP contribution in [0.3, 0.4) is 0 Å². The van der Waals surface area contributed by atoms with Gasteiger partial charge in [0.15, 0.2) is 11.5 Å². The molecule has 142 valence electrons. The lowest BCUT2D eigenvalue weighted by molar-refractivity contribution is 0.104. The summed E-state index contributed by atoms with van der Waals surface area (Å²) in [6, 6.07) is 16.0. The Bertz CT molecular complexity index is 797. The fourth-order valence-corrected chi connectivity index (χ4v) is 3.64. The highest BCUT2D eigenvalue weighted by molar-refractivity contribution is 5.90. The lowest BCUT2D eigenvalue weighted by Crippen LogP contribution is -2.54. The highest BCUT2D eigenvalue weighted by atomic mass is 16.6. The molecule has 4 rings (SSSR count). The van der Waals surface area contributed by atoms with Crippen molar-refractivity contribution >= 4 is 11.7 Å². The van der Waals surface area contributed by atoms with Crippen LogP contribution in [0.25, 0.3) is 0 Å². The number of hydrogen-bond acceptors (Lipinski definition) is 4. The molecule has 1 fully saturated rings. The van der Waals surface area contributed by atoms with Crippen LogP contribution < -0.4 is 14.8 Å². The molecule has 0 saturated carbocycles. The second-order valence-electron chi connectivity index (χ2n) is 7.05. The van der Waals surface area contributed by atoms with E-state index in [1.54, 1.807) is 0 Å². The predicted octanol–water partition coefficient (Wildman–Crippen LogP) is 3.20. The van der Waals surface area contributed by atoms with E-state index in [0.717, 1.165) is 31.1 Å². The molecule has 1 N–H and O–H groups in total. The first-order valence-corrected chi connectivity index (χ1v) is 9.42. The van der Waals surface area contributed by atoms with Crippen molar-refractivity contribution in [3.63, 3.8) is 0 Å². The average molecular weight is 367 g/mol. The minimum absolute atomic E-state index is 0.0708. The molecule has 0 unspecified atom stereocenters. The van der Waals surface area contributed by atoms with E-state index >= 15 is 0 Å². The first kappa shape index (κ1) is 17.7. The number of carbonyl (C=O) groups is 1. The maximum Gasteiger partial charge on any atom is 0.322 e. The number of amides is 2. The summed E-state index contributed by atoms with van der Waals surface area (Å²) in [6.45, 7) is 6.55. The van der Waals surface area contributed by atoms with Gasteiger partial charge in [-0.1, -0.05) is 30.3 Å². The van der Waals surface area contributed by atoms with Crippen LogP contribution in [0.5, 0.6) is 11.5 Å². The zero-order valence-electron chi connectivity index (χ0n) is 15.6. The zero-order chi connectivity index (χ0) is 18.6. The number of ether oxygens (including phenoxy) is 2. The molecule has 2 aromatic rings. The number of anilines is 1. The molecular weight excluding hydrogens is 342 g/mol. The maximum atomic E-state index is 12.7. The van der Waals surface area contributed by atoms with E-state index in [2.05, 4.69) is 41.4 Å². The molecule has 0 radical (unpaired) electrons. The van der Waals surface area contributed by atoms with Crippen LogP contribution >= 0.6 is 0 Å². The van der Waals surface area contributed by atoms with Gasteiger partial charge in [-0.25, -0.2) is 4.79 Å². The third-order valence-electron chi connectivity index (χ3n) is 5.01. The van der Waals surface area contributed by atoms with Gasteiger partial charge in [0.05, 0.1) is 0 Å². The van der Waals surface area contributed by atoms with Crippen molar-refractivity contribution in [2.24, 2.45) is 0 Å². The smallest absolute Gasteiger partial charge is 0.322 e. The standard InChI is InChI=1S/C21H25N3O3/c1-16-14-23(15-17-5-3-2-4-6-17)9-10-24(16)21(25)22-18-7-8-19-20(13-18)27-12-11-26-19/h2-8,13,16H,9-12,14-15H2,1H3,(H,22,25)/t16-/m0/s1. The van der Waals surface area contributed by atoms with Crippen molar-refractivity contribution in [3.05, 3.63) is 54.1 Å². The number of benzene rings is 2. The maximum absolute atomic E-state index is 12.7. The highest BCUT2D eigenvalue weighted by Crippen LogP contribution is 2.32. The van der Waals surface area contributed by atoms with Crippen molar-refractivity contribution in [2.45, 2.75) is 19.5 Å². The third kappa shape index (κ3) is 4.17. The molecule has 6 heteroatoms. The number of piperazine rings is 1. The molecule has 1 saturated heterocycles. The van der Waals surface area contributed by atoms with E-state index in [-0.39, 0.29) is 12.1 Å². The fourth-order valence-electron chi connectivity index (χ4n) is 3.64. The number of fused-ring (bicyclic) bond motifs is 1. The molecule has 2 amide bonds. The second-order valence-corrected chi connectivity index (χ2v) is 7.05. The van der Waals surface area contributed by atoms with Gasteiger partial charge < -0.3 is 19.7 Å². The summed E-state index contributed by atoms with van der Waals surface area (Å²) in [6.07, 6.45) is 0. The molecule has 2 heterocycles. The summed E-state index contributed by atoms with van der Waals surface area (Å²) in [5, 5.41) is 2.99. The van der Waals surface area contributed by atoms with Gasteiger partial charge in [0.2, 0.25) is 0 Å². The van der Waals surface area contributed by atoms with E-state index in [0.29, 0.717) is 25.5 Å². The van der Waals surface area contributed by atoms with Crippen molar-refractivity contribution in [1.29, 1.82) is 0 Å². The van der Waals surface area contributed by atoms with Gasteiger partial charge in [0.1, 0.15) is 13.2 Å². The molecular formula is C21H25N3O3. The van der Waals surface area contributed by atoms with Gasteiger partial charge >= 0.3 is 6.03 Å². The molecule has 0 spiro atoms. The van der Waals surface area contributed by atoms with Gasteiger partial charge in [-0.2, -0.15) is 0 Å². The number of urea groups is 1. The van der Waals surface area contributed by atoms with Crippen LogP contribution in [0.1, 0.15) is 12.5 Å². The van der Waals surface area contributed by atoms with E-state index in [9.17, 15) is 4.79 Å².